The van der Waals surface area contributed by atoms with E-state index in [1.165, 1.54) is 30.6 Å². The maximum absolute atomic E-state index is 12.4. The number of thioether (sulfide) groups is 1. The molecule has 7 heteroatoms. The zero-order valence-corrected chi connectivity index (χ0v) is 26.9. The average molecular weight is 583 g/mol. The van der Waals surface area contributed by atoms with Gasteiger partial charge in [-0.1, -0.05) is 38.3 Å². The van der Waals surface area contributed by atoms with E-state index in [4.69, 9.17) is 0 Å². The largest absolute Gasteiger partial charge is 0.383 e. The molecule has 0 aliphatic carbocycles. The highest BCUT2D eigenvalue weighted by atomic mass is 32.2. The van der Waals surface area contributed by atoms with Crippen LogP contribution in [0.3, 0.4) is 0 Å². The van der Waals surface area contributed by atoms with Crippen LogP contribution in [-0.2, 0) is 6.54 Å². The summed E-state index contributed by atoms with van der Waals surface area (Å²) in [4.78, 5) is 24.7. The number of rotatable bonds is 21. The summed E-state index contributed by atoms with van der Waals surface area (Å²) in [5.74, 6) is 1.87. The second kappa shape index (κ2) is 20.4. The number of benzene rings is 2. The van der Waals surface area contributed by atoms with Crippen LogP contribution in [0.25, 0.3) is 0 Å². The van der Waals surface area contributed by atoms with Crippen molar-refractivity contribution < 1.29 is 9.59 Å². The Kier molecular flexibility index (Phi) is 17.2. The van der Waals surface area contributed by atoms with Crippen LogP contribution in [0.2, 0.25) is 0 Å². The van der Waals surface area contributed by atoms with E-state index < -0.39 is 0 Å². The van der Waals surface area contributed by atoms with Crippen molar-refractivity contribution in [2.24, 2.45) is 5.92 Å². The molecule has 2 atom stereocenters. The molecule has 0 aliphatic heterocycles. The van der Waals surface area contributed by atoms with Crippen molar-refractivity contribution in [1.82, 2.24) is 16.0 Å². The SMILES string of the molecule is CSCCCCCNC(=O)c1ccc(CNC(C)CCC(C)CCCCNC(=O)c2ccc(NC(C)C)cc2)cc1. The summed E-state index contributed by atoms with van der Waals surface area (Å²) in [6.45, 7) is 11.0. The minimum absolute atomic E-state index is 0.000471. The van der Waals surface area contributed by atoms with Crippen molar-refractivity contribution in [3.63, 3.8) is 0 Å². The molecule has 4 N–H and O–H groups in total. The van der Waals surface area contributed by atoms with Gasteiger partial charge in [-0.3, -0.25) is 9.59 Å². The lowest BCUT2D eigenvalue weighted by atomic mass is 9.96. The highest BCUT2D eigenvalue weighted by molar-refractivity contribution is 7.98. The predicted molar refractivity (Wildman–Crippen MR) is 177 cm³/mol. The Hall–Kier alpha value is -2.51. The van der Waals surface area contributed by atoms with Crippen molar-refractivity contribution in [3.05, 3.63) is 65.2 Å². The van der Waals surface area contributed by atoms with E-state index in [0.29, 0.717) is 30.1 Å². The summed E-state index contributed by atoms with van der Waals surface area (Å²) in [6, 6.07) is 16.4. The Morgan fingerprint density at radius 1 is 0.707 bits per heavy atom. The smallest absolute Gasteiger partial charge is 0.251 e. The Morgan fingerprint density at radius 3 is 1.88 bits per heavy atom. The number of amides is 2. The standard InChI is InChI=1S/C34H54N4O2S/c1-26(2)38-32-20-18-31(19-21-32)34(40)36-23-9-7-11-27(3)12-13-28(4)37-25-29-14-16-30(17-15-29)33(39)35-22-8-6-10-24-41-5/h14-21,26-28,37-38H,6-13,22-25H2,1-5H3,(H,35,39)(H,36,40). The molecule has 0 fully saturated rings. The third kappa shape index (κ3) is 15.3. The molecule has 0 saturated heterocycles. The summed E-state index contributed by atoms with van der Waals surface area (Å²) in [6.07, 6.45) is 11.2. The maximum atomic E-state index is 12.4. The van der Waals surface area contributed by atoms with Gasteiger partial charge < -0.3 is 21.3 Å². The van der Waals surface area contributed by atoms with Gasteiger partial charge in [0, 0.05) is 48.5 Å². The molecule has 0 radical (unpaired) electrons. The van der Waals surface area contributed by atoms with Gasteiger partial charge in [-0.25, -0.2) is 0 Å². The molecule has 2 amide bonds. The van der Waals surface area contributed by atoms with E-state index in [0.717, 1.165) is 56.4 Å². The molecule has 0 aromatic heterocycles. The average Bonchev–Trinajstić information content (AvgIpc) is 2.96. The highest BCUT2D eigenvalue weighted by Gasteiger charge is 2.09. The molecule has 41 heavy (non-hydrogen) atoms. The van der Waals surface area contributed by atoms with Crippen LogP contribution in [-0.4, -0.2) is 49.0 Å². The summed E-state index contributed by atoms with van der Waals surface area (Å²) >= 11 is 1.87. The van der Waals surface area contributed by atoms with Gasteiger partial charge >= 0.3 is 0 Å². The maximum Gasteiger partial charge on any atom is 0.251 e. The first-order chi connectivity index (χ1) is 19.8. The van der Waals surface area contributed by atoms with Gasteiger partial charge in [-0.15, -0.1) is 0 Å². The second-order valence-electron chi connectivity index (χ2n) is 11.6. The summed E-state index contributed by atoms with van der Waals surface area (Å²) < 4.78 is 0. The molecule has 0 aliphatic rings. The van der Waals surface area contributed by atoms with Crippen molar-refractivity contribution in [3.8, 4) is 0 Å². The summed E-state index contributed by atoms with van der Waals surface area (Å²) in [5.41, 5.74) is 3.67. The number of carbonyl (C=O) groups excluding carboxylic acids is 2. The zero-order chi connectivity index (χ0) is 29.9. The van der Waals surface area contributed by atoms with E-state index in [2.05, 4.69) is 55.2 Å². The van der Waals surface area contributed by atoms with Crippen LogP contribution in [0.1, 0.15) is 105 Å². The lowest BCUT2D eigenvalue weighted by Gasteiger charge is -2.17. The van der Waals surface area contributed by atoms with E-state index in [1.807, 2.05) is 60.3 Å². The van der Waals surface area contributed by atoms with Crippen LogP contribution >= 0.6 is 11.8 Å². The Morgan fingerprint density at radius 2 is 1.29 bits per heavy atom. The Bertz CT molecular complexity index is 995. The predicted octanol–water partition coefficient (Wildman–Crippen LogP) is 7.26. The van der Waals surface area contributed by atoms with Gasteiger partial charge in [0.15, 0.2) is 0 Å². The first kappa shape index (κ1) is 34.7. The first-order valence-corrected chi connectivity index (χ1v) is 16.9. The molecule has 0 spiro atoms. The number of unbranched alkanes of at least 4 members (excludes halogenated alkanes) is 3. The quantitative estimate of drug-likeness (QED) is 0.116. The molecule has 2 unspecified atom stereocenters. The highest BCUT2D eigenvalue weighted by Crippen LogP contribution is 2.16. The molecule has 6 nitrogen and oxygen atoms in total. The lowest BCUT2D eigenvalue weighted by molar-refractivity contribution is 0.0944. The fourth-order valence-electron chi connectivity index (χ4n) is 4.67. The fraction of sp³-hybridized carbons (Fsp3) is 0.588. The van der Waals surface area contributed by atoms with Crippen molar-refractivity contribution in [1.29, 1.82) is 0 Å². The zero-order valence-electron chi connectivity index (χ0n) is 26.1. The molecule has 2 rings (SSSR count). The third-order valence-corrected chi connectivity index (χ3v) is 7.98. The van der Waals surface area contributed by atoms with Crippen molar-refractivity contribution >= 4 is 29.3 Å². The second-order valence-corrected chi connectivity index (χ2v) is 12.6. The molecule has 0 heterocycles. The molecule has 228 valence electrons. The molecule has 2 aromatic carbocycles. The van der Waals surface area contributed by atoms with Crippen LogP contribution < -0.4 is 21.3 Å². The van der Waals surface area contributed by atoms with Gasteiger partial charge in [0.25, 0.3) is 11.8 Å². The van der Waals surface area contributed by atoms with E-state index >= 15 is 0 Å². The minimum Gasteiger partial charge on any atom is -0.383 e. The number of hydrogen-bond acceptors (Lipinski definition) is 5. The third-order valence-electron chi connectivity index (χ3n) is 7.29. The monoisotopic (exact) mass is 582 g/mol. The van der Waals surface area contributed by atoms with Gasteiger partial charge in [0.05, 0.1) is 0 Å². The lowest BCUT2D eigenvalue weighted by Crippen LogP contribution is -2.26. The summed E-state index contributed by atoms with van der Waals surface area (Å²) in [5, 5.41) is 13.0. The van der Waals surface area contributed by atoms with Crippen molar-refractivity contribution in [2.45, 2.75) is 97.7 Å². The first-order valence-electron chi connectivity index (χ1n) is 15.5. The van der Waals surface area contributed by atoms with Crippen LogP contribution in [0.5, 0.6) is 0 Å². The Balaban J connectivity index is 1.53. The minimum atomic E-state index is -0.000471. The topological polar surface area (TPSA) is 82.3 Å². The van der Waals surface area contributed by atoms with Gasteiger partial charge in [0.2, 0.25) is 0 Å². The van der Waals surface area contributed by atoms with Crippen LogP contribution in [0.4, 0.5) is 5.69 Å². The van der Waals surface area contributed by atoms with E-state index in [1.54, 1.807) is 0 Å². The Labute approximate surface area is 253 Å². The normalized spacial score (nSPS) is 12.6. The van der Waals surface area contributed by atoms with E-state index in [-0.39, 0.29) is 11.8 Å². The number of nitrogens with one attached hydrogen (secondary N) is 4. The molecular weight excluding hydrogens is 528 g/mol. The number of carbonyl (C=O) groups is 2. The van der Waals surface area contributed by atoms with Gasteiger partial charge in [-0.05, 0) is 113 Å². The summed E-state index contributed by atoms with van der Waals surface area (Å²) in [7, 11) is 0. The number of hydrogen-bond donors (Lipinski definition) is 4. The van der Waals surface area contributed by atoms with Crippen molar-refractivity contribution in [2.75, 3.05) is 30.4 Å². The fourth-order valence-corrected chi connectivity index (χ4v) is 5.16. The molecular formula is C34H54N4O2S. The van der Waals surface area contributed by atoms with Gasteiger partial charge in [0.1, 0.15) is 0 Å². The number of anilines is 1. The van der Waals surface area contributed by atoms with Gasteiger partial charge in [-0.2, -0.15) is 11.8 Å². The van der Waals surface area contributed by atoms with Crippen LogP contribution in [0, 0.1) is 5.92 Å². The van der Waals surface area contributed by atoms with Crippen LogP contribution in [0.15, 0.2) is 48.5 Å². The van der Waals surface area contributed by atoms with E-state index in [9.17, 15) is 9.59 Å². The molecule has 2 aromatic rings. The molecule has 0 saturated carbocycles. The molecule has 0 bridgehead atoms.